The van der Waals surface area contributed by atoms with Crippen LogP contribution in [0.2, 0.25) is 0 Å². The molecule has 0 bridgehead atoms. The fraction of sp³-hybridized carbons (Fsp3) is 0.429. The fourth-order valence-corrected chi connectivity index (χ4v) is 1.59. The fourth-order valence-electron chi connectivity index (χ4n) is 0.965. The van der Waals surface area contributed by atoms with E-state index in [-0.39, 0.29) is 12.3 Å². The molecule has 0 aromatic carbocycles. The van der Waals surface area contributed by atoms with Crippen molar-refractivity contribution in [3.05, 3.63) is 12.2 Å². The van der Waals surface area contributed by atoms with Gasteiger partial charge in [-0.25, -0.2) is 13.1 Å². The number of sulfonamides is 1. The van der Waals surface area contributed by atoms with Gasteiger partial charge in [-0.15, -0.1) is 0 Å². The van der Waals surface area contributed by atoms with Crippen LogP contribution in [0, 0.1) is 0 Å². The second-order valence-electron chi connectivity index (χ2n) is 2.68. The van der Waals surface area contributed by atoms with E-state index in [0.29, 0.717) is 0 Å². The zero-order chi connectivity index (χ0) is 10.8. The molecule has 0 fully saturated rings. The minimum absolute atomic E-state index is 0.117. The molecule has 14 heavy (non-hydrogen) atoms. The van der Waals surface area contributed by atoms with Crippen LogP contribution in [-0.2, 0) is 19.6 Å². The molecular formula is C7H10N2O4S. The average molecular weight is 218 g/mol. The lowest BCUT2D eigenvalue weighted by Gasteiger charge is -2.12. The Morgan fingerprint density at radius 2 is 1.79 bits per heavy atom. The van der Waals surface area contributed by atoms with Gasteiger partial charge < -0.3 is 0 Å². The molecule has 0 unspecified atom stereocenters. The first-order chi connectivity index (χ1) is 6.46. The SMILES string of the molecule is CNS(=O)(=O)CCN1C(=O)C=CC1=O. The maximum Gasteiger partial charge on any atom is 0.253 e. The standard InChI is InChI=1S/C7H10N2O4S/c1-8-14(12,13)5-4-9-6(10)2-3-7(9)11/h2-3,8H,4-5H2,1H3. The minimum atomic E-state index is -3.38. The van der Waals surface area contributed by atoms with Gasteiger partial charge in [-0.3, -0.25) is 14.5 Å². The molecule has 0 spiro atoms. The third-order valence-corrected chi connectivity index (χ3v) is 3.14. The van der Waals surface area contributed by atoms with Gasteiger partial charge in [0.2, 0.25) is 10.0 Å². The number of hydrogen-bond donors (Lipinski definition) is 1. The molecule has 78 valence electrons. The lowest BCUT2D eigenvalue weighted by molar-refractivity contribution is -0.136. The van der Waals surface area contributed by atoms with Crippen LogP contribution in [0.25, 0.3) is 0 Å². The van der Waals surface area contributed by atoms with E-state index in [1.165, 1.54) is 7.05 Å². The third kappa shape index (κ3) is 2.39. The molecule has 2 amide bonds. The number of imide groups is 1. The Kier molecular flexibility index (Phi) is 3.02. The van der Waals surface area contributed by atoms with Crippen LogP contribution in [0.5, 0.6) is 0 Å². The van der Waals surface area contributed by atoms with E-state index >= 15 is 0 Å². The molecule has 0 aromatic heterocycles. The summed E-state index contributed by atoms with van der Waals surface area (Å²) in [7, 11) is -2.10. The summed E-state index contributed by atoms with van der Waals surface area (Å²) in [6.45, 7) is -0.117. The minimum Gasteiger partial charge on any atom is -0.274 e. The van der Waals surface area contributed by atoms with Crippen molar-refractivity contribution >= 4 is 21.8 Å². The number of carbonyl (C=O) groups is 2. The van der Waals surface area contributed by atoms with Crippen LogP contribution in [0.1, 0.15) is 0 Å². The van der Waals surface area contributed by atoms with Gasteiger partial charge in [0.15, 0.2) is 0 Å². The summed E-state index contributed by atoms with van der Waals surface area (Å²) in [5.74, 6) is -1.22. The molecule has 1 N–H and O–H groups in total. The van der Waals surface area contributed by atoms with Gasteiger partial charge in [-0.2, -0.15) is 0 Å². The van der Waals surface area contributed by atoms with Crippen molar-refractivity contribution in [2.75, 3.05) is 19.3 Å². The van der Waals surface area contributed by atoms with Crippen LogP contribution in [0.4, 0.5) is 0 Å². The third-order valence-electron chi connectivity index (χ3n) is 1.80. The summed E-state index contributed by atoms with van der Waals surface area (Å²) in [6, 6.07) is 0. The summed E-state index contributed by atoms with van der Waals surface area (Å²) in [5.41, 5.74) is 0. The van der Waals surface area contributed by atoms with E-state index in [4.69, 9.17) is 0 Å². The summed E-state index contributed by atoms with van der Waals surface area (Å²) in [4.78, 5) is 22.9. The first-order valence-corrected chi connectivity index (χ1v) is 5.56. The van der Waals surface area contributed by atoms with Gasteiger partial charge in [0.25, 0.3) is 11.8 Å². The van der Waals surface area contributed by atoms with Crippen LogP contribution in [0.3, 0.4) is 0 Å². The Morgan fingerprint density at radius 3 is 2.21 bits per heavy atom. The molecular weight excluding hydrogens is 208 g/mol. The molecule has 1 aliphatic rings. The topological polar surface area (TPSA) is 83.6 Å². The highest BCUT2D eigenvalue weighted by Crippen LogP contribution is 2.03. The highest BCUT2D eigenvalue weighted by molar-refractivity contribution is 7.89. The van der Waals surface area contributed by atoms with Gasteiger partial charge in [0, 0.05) is 18.7 Å². The first kappa shape index (κ1) is 10.9. The van der Waals surface area contributed by atoms with Crippen molar-refractivity contribution in [3.63, 3.8) is 0 Å². The molecule has 1 rings (SSSR count). The van der Waals surface area contributed by atoms with Gasteiger partial charge in [-0.05, 0) is 7.05 Å². The summed E-state index contributed by atoms with van der Waals surface area (Å²) < 4.78 is 24.1. The number of rotatable bonds is 4. The van der Waals surface area contributed by atoms with Gasteiger partial charge in [0.1, 0.15) is 0 Å². The second-order valence-corrected chi connectivity index (χ2v) is 4.73. The quantitative estimate of drug-likeness (QED) is 0.580. The number of amides is 2. The predicted octanol–water partition coefficient (Wildman–Crippen LogP) is -1.54. The van der Waals surface area contributed by atoms with Crippen molar-refractivity contribution in [2.45, 2.75) is 0 Å². The molecule has 0 saturated heterocycles. The van der Waals surface area contributed by atoms with E-state index in [1.54, 1.807) is 0 Å². The molecule has 0 aromatic rings. The zero-order valence-electron chi connectivity index (χ0n) is 7.56. The second kappa shape index (κ2) is 3.89. The van der Waals surface area contributed by atoms with Crippen LogP contribution < -0.4 is 4.72 Å². The van der Waals surface area contributed by atoms with Crippen molar-refractivity contribution in [3.8, 4) is 0 Å². The van der Waals surface area contributed by atoms with Crippen molar-refractivity contribution in [1.82, 2.24) is 9.62 Å². The summed E-state index contributed by atoms with van der Waals surface area (Å²) >= 11 is 0. The molecule has 0 atom stereocenters. The van der Waals surface area contributed by atoms with E-state index in [9.17, 15) is 18.0 Å². The number of nitrogens with one attached hydrogen (secondary N) is 1. The van der Waals surface area contributed by atoms with Gasteiger partial charge in [-0.1, -0.05) is 0 Å². The molecule has 0 radical (unpaired) electrons. The van der Waals surface area contributed by atoms with E-state index in [1.807, 2.05) is 0 Å². The molecule has 7 heteroatoms. The monoisotopic (exact) mass is 218 g/mol. The summed E-state index contributed by atoms with van der Waals surface area (Å²) in [6.07, 6.45) is 2.24. The highest BCUT2D eigenvalue weighted by Gasteiger charge is 2.24. The number of hydrogen-bond acceptors (Lipinski definition) is 4. The zero-order valence-corrected chi connectivity index (χ0v) is 8.37. The number of carbonyl (C=O) groups excluding carboxylic acids is 2. The highest BCUT2D eigenvalue weighted by atomic mass is 32.2. The van der Waals surface area contributed by atoms with Crippen molar-refractivity contribution in [2.24, 2.45) is 0 Å². The molecule has 0 saturated carbocycles. The van der Waals surface area contributed by atoms with Gasteiger partial charge in [0.05, 0.1) is 5.75 Å². The Labute approximate surface area is 81.6 Å². The van der Waals surface area contributed by atoms with Crippen molar-refractivity contribution < 1.29 is 18.0 Å². The van der Waals surface area contributed by atoms with Crippen molar-refractivity contribution in [1.29, 1.82) is 0 Å². The summed E-state index contributed by atoms with van der Waals surface area (Å²) in [5, 5.41) is 0. The Balaban J connectivity index is 2.55. The normalized spacial score (nSPS) is 16.8. The first-order valence-electron chi connectivity index (χ1n) is 3.91. The van der Waals surface area contributed by atoms with E-state index < -0.39 is 21.8 Å². The average Bonchev–Trinajstić information content (AvgIpc) is 2.44. The maximum atomic E-state index is 11.0. The van der Waals surface area contributed by atoms with Gasteiger partial charge >= 0.3 is 0 Å². The van der Waals surface area contributed by atoms with Crippen LogP contribution in [0.15, 0.2) is 12.2 Å². The smallest absolute Gasteiger partial charge is 0.253 e. The lowest BCUT2D eigenvalue weighted by atomic mass is 10.5. The van der Waals surface area contributed by atoms with Crippen LogP contribution >= 0.6 is 0 Å². The predicted molar refractivity (Wildman–Crippen MR) is 48.7 cm³/mol. The molecule has 1 heterocycles. The molecule has 1 aliphatic heterocycles. The van der Waals surface area contributed by atoms with E-state index in [2.05, 4.69) is 4.72 Å². The number of nitrogens with zero attached hydrogens (tertiary/aromatic N) is 1. The van der Waals surface area contributed by atoms with Crippen LogP contribution in [-0.4, -0.2) is 44.5 Å². The van der Waals surface area contributed by atoms with E-state index in [0.717, 1.165) is 17.1 Å². The lowest BCUT2D eigenvalue weighted by Crippen LogP contribution is -2.36. The Hall–Kier alpha value is -1.21. The largest absolute Gasteiger partial charge is 0.274 e. The molecule has 6 nitrogen and oxygen atoms in total. The Bertz CT molecular complexity index is 366. The Morgan fingerprint density at radius 1 is 1.29 bits per heavy atom. The maximum absolute atomic E-state index is 11.0. The molecule has 0 aliphatic carbocycles.